The van der Waals surface area contributed by atoms with Crippen LogP contribution in [0.3, 0.4) is 0 Å². The molecule has 3 rings (SSSR count). The Kier molecular flexibility index (Phi) is 5.38. The molecule has 1 aliphatic rings. The molecule has 1 aromatic heterocycles. The Morgan fingerprint density at radius 2 is 2.08 bits per heavy atom. The molecule has 1 amide bonds. The number of nitrogens with two attached hydrogens (primary N) is 1. The highest BCUT2D eigenvalue weighted by atomic mass is 35.5. The maximum absolute atomic E-state index is 11.6. The quantitative estimate of drug-likeness (QED) is 0.886. The first kappa shape index (κ1) is 17.5. The average Bonchev–Trinajstić information content (AvgIpc) is 2.62. The molecule has 0 saturated carbocycles. The van der Waals surface area contributed by atoms with Crippen molar-refractivity contribution in [1.82, 2.24) is 10.2 Å². The van der Waals surface area contributed by atoms with Crippen molar-refractivity contribution in [2.24, 2.45) is 11.7 Å². The number of primary amides is 1. The van der Waals surface area contributed by atoms with Crippen LogP contribution in [0.15, 0.2) is 30.3 Å². The van der Waals surface area contributed by atoms with E-state index in [0.29, 0.717) is 17.3 Å². The minimum atomic E-state index is -0.537. The molecule has 1 aromatic carbocycles. The normalized spacial score (nSPS) is 15.2. The summed E-state index contributed by atoms with van der Waals surface area (Å²) < 4.78 is 5.29. The monoisotopic (exact) mass is 360 g/mol. The molecule has 0 spiro atoms. The number of halogens is 1. The molecule has 1 aliphatic heterocycles. The second-order valence-corrected chi connectivity index (χ2v) is 6.64. The fourth-order valence-electron chi connectivity index (χ4n) is 3.26. The van der Waals surface area contributed by atoms with Gasteiger partial charge in [0, 0.05) is 13.1 Å². The number of amides is 1. The number of carbonyl (C=O) groups is 1. The van der Waals surface area contributed by atoms with Crippen molar-refractivity contribution in [1.29, 1.82) is 0 Å². The standard InChI is InChI=1S/C18H21ClN4O2/c1-25-14-4-2-3-13(10-14)9-12-5-7-23(8-6-12)18-15(17(20)24)11-16(19)21-22-18/h2-4,10-12H,5-9H2,1H3,(H2,20,24). The van der Waals surface area contributed by atoms with Gasteiger partial charge >= 0.3 is 0 Å². The van der Waals surface area contributed by atoms with E-state index in [4.69, 9.17) is 22.1 Å². The maximum Gasteiger partial charge on any atom is 0.252 e. The Labute approximate surface area is 151 Å². The van der Waals surface area contributed by atoms with Gasteiger partial charge in [-0.15, -0.1) is 10.2 Å². The van der Waals surface area contributed by atoms with Crippen molar-refractivity contribution in [3.63, 3.8) is 0 Å². The molecular weight excluding hydrogens is 340 g/mol. The number of ether oxygens (including phenoxy) is 1. The van der Waals surface area contributed by atoms with Crippen LogP contribution in [0.4, 0.5) is 5.82 Å². The molecule has 0 atom stereocenters. The van der Waals surface area contributed by atoms with Crippen molar-refractivity contribution >= 4 is 23.3 Å². The SMILES string of the molecule is COc1cccc(CC2CCN(c3nnc(Cl)cc3C(N)=O)CC2)c1. The van der Waals surface area contributed by atoms with Crippen LogP contribution in [0.1, 0.15) is 28.8 Å². The predicted molar refractivity (Wildman–Crippen MR) is 97.2 cm³/mol. The summed E-state index contributed by atoms with van der Waals surface area (Å²) in [4.78, 5) is 13.7. The lowest BCUT2D eigenvalue weighted by atomic mass is 9.90. The van der Waals surface area contributed by atoms with E-state index >= 15 is 0 Å². The highest BCUT2D eigenvalue weighted by molar-refractivity contribution is 6.29. The van der Waals surface area contributed by atoms with Crippen molar-refractivity contribution in [3.8, 4) is 5.75 Å². The van der Waals surface area contributed by atoms with Crippen LogP contribution in [0, 0.1) is 5.92 Å². The van der Waals surface area contributed by atoms with E-state index in [1.54, 1.807) is 7.11 Å². The van der Waals surface area contributed by atoms with Gasteiger partial charge in [0.2, 0.25) is 0 Å². The maximum atomic E-state index is 11.6. The molecule has 1 fully saturated rings. The lowest BCUT2D eigenvalue weighted by Crippen LogP contribution is -2.36. The van der Waals surface area contributed by atoms with E-state index in [0.717, 1.165) is 38.1 Å². The van der Waals surface area contributed by atoms with Crippen molar-refractivity contribution in [2.45, 2.75) is 19.3 Å². The molecule has 132 valence electrons. The van der Waals surface area contributed by atoms with Gasteiger partial charge in [0.15, 0.2) is 11.0 Å². The first-order valence-electron chi connectivity index (χ1n) is 8.27. The summed E-state index contributed by atoms with van der Waals surface area (Å²) in [7, 11) is 1.68. The van der Waals surface area contributed by atoms with Crippen LogP contribution in [0.5, 0.6) is 5.75 Å². The van der Waals surface area contributed by atoms with Gasteiger partial charge in [0.1, 0.15) is 5.75 Å². The zero-order valence-electron chi connectivity index (χ0n) is 14.1. The smallest absolute Gasteiger partial charge is 0.252 e. The van der Waals surface area contributed by atoms with Gasteiger partial charge in [-0.3, -0.25) is 4.79 Å². The van der Waals surface area contributed by atoms with Gasteiger partial charge in [-0.1, -0.05) is 23.7 Å². The molecule has 0 radical (unpaired) electrons. The Bertz CT molecular complexity index is 760. The molecule has 0 aliphatic carbocycles. The molecular formula is C18H21ClN4O2. The molecule has 0 unspecified atom stereocenters. The van der Waals surface area contributed by atoms with E-state index in [2.05, 4.69) is 27.2 Å². The lowest BCUT2D eigenvalue weighted by Gasteiger charge is -2.33. The summed E-state index contributed by atoms with van der Waals surface area (Å²) in [6.07, 6.45) is 3.04. The molecule has 2 heterocycles. The second kappa shape index (κ2) is 7.70. The number of rotatable bonds is 5. The predicted octanol–water partition coefficient (Wildman–Crippen LogP) is 2.70. The van der Waals surface area contributed by atoms with Gasteiger partial charge < -0.3 is 15.4 Å². The van der Waals surface area contributed by atoms with E-state index < -0.39 is 5.91 Å². The highest BCUT2D eigenvalue weighted by Gasteiger charge is 2.24. The third-order valence-electron chi connectivity index (χ3n) is 4.58. The van der Waals surface area contributed by atoms with Crippen LogP contribution < -0.4 is 15.4 Å². The minimum absolute atomic E-state index is 0.172. The summed E-state index contributed by atoms with van der Waals surface area (Å²) in [5.41, 5.74) is 7.05. The topological polar surface area (TPSA) is 81.3 Å². The average molecular weight is 361 g/mol. The zero-order chi connectivity index (χ0) is 17.8. The van der Waals surface area contributed by atoms with Crippen LogP contribution in [-0.2, 0) is 6.42 Å². The Morgan fingerprint density at radius 3 is 2.76 bits per heavy atom. The van der Waals surface area contributed by atoms with Gasteiger partial charge in [-0.25, -0.2) is 0 Å². The van der Waals surface area contributed by atoms with Gasteiger partial charge in [0.25, 0.3) is 5.91 Å². The summed E-state index contributed by atoms with van der Waals surface area (Å²) in [5, 5.41) is 8.11. The largest absolute Gasteiger partial charge is 0.497 e. The number of nitrogens with zero attached hydrogens (tertiary/aromatic N) is 3. The zero-order valence-corrected chi connectivity index (χ0v) is 14.9. The van der Waals surface area contributed by atoms with Gasteiger partial charge in [-0.2, -0.15) is 0 Å². The number of methoxy groups -OCH3 is 1. The molecule has 0 bridgehead atoms. The summed E-state index contributed by atoms with van der Waals surface area (Å²) in [5.74, 6) is 1.46. The van der Waals surface area contributed by atoms with Crippen LogP contribution in [0.25, 0.3) is 0 Å². The van der Waals surface area contributed by atoms with E-state index in [1.165, 1.54) is 11.6 Å². The fraction of sp³-hybridized carbons (Fsp3) is 0.389. The number of hydrogen-bond acceptors (Lipinski definition) is 5. The number of anilines is 1. The Hall–Kier alpha value is -2.34. The molecule has 25 heavy (non-hydrogen) atoms. The molecule has 2 aromatic rings. The number of aromatic nitrogens is 2. The van der Waals surface area contributed by atoms with Gasteiger partial charge in [-0.05, 0) is 48.9 Å². The number of benzene rings is 1. The van der Waals surface area contributed by atoms with Crippen molar-refractivity contribution in [2.75, 3.05) is 25.1 Å². The molecule has 6 nitrogen and oxygen atoms in total. The van der Waals surface area contributed by atoms with E-state index in [9.17, 15) is 4.79 Å². The molecule has 2 N–H and O–H groups in total. The number of hydrogen-bond donors (Lipinski definition) is 1. The molecule has 1 saturated heterocycles. The van der Waals surface area contributed by atoms with Crippen LogP contribution >= 0.6 is 11.6 Å². The third kappa shape index (κ3) is 4.20. The van der Waals surface area contributed by atoms with Crippen molar-refractivity contribution in [3.05, 3.63) is 46.6 Å². The Morgan fingerprint density at radius 1 is 1.32 bits per heavy atom. The highest BCUT2D eigenvalue weighted by Crippen LogP contribution is 2.28. The summed E-state index contributed by atoms with van der Waals surface area (Å²) >= 11 is 5.83. The van der Waals surface area contributed by atoms with Crippen LogP contribution in [0.2, 0.25) is 5.15 Å². The van der Waals surface area contributed by atoms with Crippen molar-refractivity contribution < 1.29 is 9.53 Å². The second-order valence-electron chi connectivity index (χ2n) is 6.25. The lowest BCUT2D eigenvalue weighted by molar-refractivity contribution is 0.1000. The number of carbonyl (C=O) groups excluding carboxylic acids is 1. The fourth-order valence-corrected chi connectivity index (χ4v) is 3.40. The number of piperidine rings is 1. The first-order valence-corrected chi connectivity index (χ1v) is 8.65. The van der Waals surface area contributed by atoms with E-state index in [-0.39, 0.29) is 5.15 Å². The summed E-state index contributed by atoms with van der Waals surface area (Å²) in [6, 6.07) is 9.67. The minimum Gasteiger partial charge on any atom is -0.497 e. The third-order valence-corrected chi connectivity index (χ3v) is 4.77. The van der Waals surface area contributed by atoms with Gasteiger partial charge in [0.05, 0.1) is 12.7 Å². The summed E-state index contributed by atoms with van der Waals surface area (Å²) in [6.45, 7) is 1.62. The first-order chi connectivity index (χ1) is 12.1. The molecule has 7 heteroatoms. The van der Waals surface area contributed by atoms with E-state index in [1.807, 2.05) is 12.1 Å². The van der Waals surface area contributed by atoms with Crippen LogP contribution in [-0.4, -0.2) is 36.3 Å². The Balaban J connectivity index is 1.65.